The normalized spacial score (nSPS) is 38.0. The van der Waals surface area contributed by atoms with Crippen LogP contribution in [0, 0.1) is 5.92 Å². The molecule has 1 N–H and O–H groups in total. The zero-order valence-corrected chi connectivity index (χ0v) is 13.7. The number of nitrogens with zero attached hydrogens (tertiary/aromatic N) is 1. The van der Waals surface area contributed by atoms with Crippen LogP contribution in [0.15, 0.2) is 18.2 Å². The molecule has 2 saturated heterocycles. The fourth-order valence-corrected chi connectivity index (χ4v) is 4.97. The van der Waals surface area contributed by atoms with Crippen LogP contribution in [-0.4, -0.2) is 41.8 Å². The SMILES string of the molecule is CC1[C@@H]2Cc3ccc(O)cc3[C@@]1(C)CCN2C[C@@H]1CCCO1. The maximum atomic E-state index is 9.90. The van der Waals surface area contributed by atoms with E-state index in [1.165, 1.54) is 30.4 Å². The van der Waals surface area contributed by atoms with Gasteiger partial charge in [0.15, 0.2) is 0 Å². The zero-order chi connectivity index (χ0) is 15.3. The summed E-state index contributed by atoms with van der Waals surface area (Å²) in [6.07, 6.45) is 5.17. The fourth-order valence-electron chi connectivity index (χ4n) is 4.97. The van der Waals surface area contributed by atoms with Crippen molar-refractivity contribution in [1.29, 1.82) is 0 Å². The Labute approximate surface area is 133 Å². The summed E-state index contributed by atoms with van der Waals surface area (Å²) in [6, 6.07) is 6.60. The molecule has 3 nitrogen and oxygen atoms in total. The van der Waals surface area contributed by atoms with E-state index in [0.717, 1.165) is 26.1 Å². The second-order valence-corrected chi connectivity index (χ2v) is 7.70. The molecule has 0 spiro atoms. The Hall–Kier alpha value is -1.06. The van der Waals surface area contributed by atoms with Gasteiger partial charge in [0, 0.05) is 19.2 Å². The van der Waals surface area contributed by atoms with Crippen LogP contribution in [0.5, 0.6) is 5.75 Å². The number of ether oxygens (including phenoxy) is 1. The first-order chi connectivity index (χ1) is 10.6. The van der Waals surface area contributed by atoms with Crippen molar-refractivity contribution in [3.8, 4) is 5.75 Å². The third-order valence-corrected chi connectivity index (χ3v) is 6.57. The molecule has 0 radical (unpaired) electrons. The third kappa shape index (κ3) is 2.17. The standard InChI is InChI=1S/C19H27NO2/c1-13-18-10-14-5-6-15(21)11-17(14)19(13,2)7-8-20(18)12-16-4-3-9-22-16/h5-6,11,13,16,18,21H,3-4,7-10,12H2,1-2H3/t13?,16-,18-,19-/m0/s1. The lowest BCUT2D eigenvalue weighted by Crippen LogP contribution is -2.59. The molecule has 0 aromatic heterocycles. The van der Waals surface area contributed by atoms with Crippen molar-refractivity contribution in [2.24, 2.45) is 5.92 Å². The number of likely N-dealkylation sites (tertiary alicyclic amines) is 1. The van der Waals surface area contributed by atoms with E-state index in [0.29, 0.717) is 23.8 Å². The molecule has 2 aliphatic heterocycles. The van der Waals surface area contributed by atoms with Gasteiger partial charge >= 0.3 is 0 Å². The Balaban J connectivity index is 1.63. The molecule has 3 aliphatic rings. The van der Waals surface area contributed by atoms with Crippen LogP contribution in [0.1, 0.15) is 44.2 Å². The number of hydrogen-bond acceptors (Lipinski definition) is 3. The Morgan fingerprint density at radius 3 is 3.05 bits per heavy atom. The number of rotatable bonds is 2. The average molecular weight is 301 g/mol. The van der Waals surface area contributed by atoms with Crippen LogP contribution in [0.3, 0.4) is 0 Å². The molecule has 2 bridgehead atoms. The Bertz CT molecular complexity index is 567. The van der Waals surface area contributed by atoms with E-state index < -0.39 is 0 Å². The summed E-state index contributed by atoms with van der Waals surface area (Å²) in [7, 11) is 0. The zero-order valence-electron chi connectivity index (χ0n) is 13.7. The minimum absolute atomic E-state index is 0.198. The maximum Gasteiger partial charge on any atom is 0.115 e. The predicted octanol–water partition coefficient (Wildman–Crippen LogP) is 3.10. The molecule has 3 heteroatoms. The molecule has 1 aliphatic carbocycles. The van der Waals surface area contributed by atoms with Gasteiger partial charge in [-0.2, -0.15) is 0 Å². The molecule has 1 unspecified atom stereocenters. The van der Waals surface area contributed by atoms with Gasteiger partial charge < -0.3 is 9.84 Å². The van der Waals surface area contributed by atoms with Crippen molar-refractivity contribution in [3.63, 3.8) is 0 Å². The molecular weight excluding hydrogens is 274 g/mol. The van der Waals surface area contributed by atoms with Gasteiger partial charge in [-0.1, -0.05) is 19.9 Å². The highest BCUT2D eigenvalue weighted by molar-refractivity contribution is 5.44. The highest BCUT2D eigenvalue weighted by Crippen LogP contribution is 2.49. The van der Waals surface area contributed by atoms with Gasteiger partial charge in [-0.15, -0.1) is 0 Å². The van der Waals surface area contributed by atoms with E-state index in [4.69, 9.17) is 4.74 Å². The lowest BCUT2D eigenvalue weighted by atomic mass is 9.59. The molecule has 22 heavy (non-hydrogen) atoms. The van der Waals surface area contributed by atoms with Crippen LogP contribution in [-0.2, 0) is 16.6 Å². The van der Waals surface area contributed by atoms with Crippen molar-refractivity contribution in [2.75, 3.05) is 19.7 Å². The number of benzene rings is 1. The quantitative estimate of drug-likeness (QED) is 0.911. The molecule has 0 amide bonds. The van der Waals surface area contributed by atoms with Crippen LogP contribution >= 0.6 is 0 Å². The second-order valence-electron chi connectivity index (χ2n) is 7.70. The molecule has 1 aromatic carbocycles. The van der Waals surface area contributed by atoms with Crippen LogP contribution in [0.2, 0.25) is 0 Å². The fraction of sp³-hybridized carbons (Fsp3) is 0.684. The van der Waals surface area contributed by atoms with Crippen LogP contribution < -0.4 is 0 Å². The van der Waals surface area contributed by atoms with E-state index >= 15 is 0 Å². The summed E-state index contributed by atoms with van der Waals surface area (Å²) >= 11 is 0. The van der Waals surface area contributed by atoms with E-state index in [1.54, 1.807) is 0 Å². The van der Waals surface area contributed by atoms with E-state index in [-0.39, 0.29) is 5.41 Å². The summed E-state index contributed by atoms with van der Waals surface area (Å²) in [6.45, 7) is 7.99. The van der Waals surface area contributed by atoms with E-state index in [9.17, 15) is 5.11 Å². The van der Waals surface area contributed by atoms with Crippen molar-refractivity contribution in [2.45, 2.75) is 57.1 Å². The highest BCUT2D eigenvalue weighted by Gasteiger charge is 2.48. The molecular formula is C19H27NO2. The molecule has 0 saturated carbocycles. The first-order valence-electron chi connectivity index (χ1n) is 8.76. The predicted molar refractivity (Wildman–Crippen MR) is 87.3 cm³/mol. The lowest BCUT2D eigenvalue weighted by molar-refractivity contribution is -0.00671. The number of hydrogen-bond donors (Lipinski definition) is 1. The molecule has 120 valence electrons. The minimum atomic E-state index is 0.198. The van der Waals surface area contributed by atoms with Crippen molar-refractivity contribution in [1.82, 2.24) is 4.90 Å². The Morgan fingerprint density at radius 1 is 1.41 bits per heavy atom. The number of fused-ring (bicyclic) bond motifs is 4. The molecule has 4 rings (SSSR count). The lowest BCUT2D eigenvalue weighted by Gasteiger charge is -2.55. The van der Waals surface area contributed by atoms with E-state index in [2.05, 4.69) is 24.8 Å². The van der Waals surface area contributed by atoms with Crippen molar-refractivity contribution in [3.05, 3.63) is 29.3 Å². The van der Waals surface area contributed by atoms with Gasteiger partial charge in [-0.3, -0.25) is 4.90 Å². The summed E-state index contributed by atoms with van der Waals surface area (Å²) in [5.41, 5.74) is 3.01. The number of aromatic hydroxyl groups is 1. The van der Waals surface area contributed by atoms with Gasteiger partial charge in [-0.05, 0) is 66.8 Å². The first kappa shape index (κ1) is 14.5. The summed E-state index contributed by atoms with van der Waals surface area (Å²) in [5.74, 6) is 1.03. The summed E-state index contributed by atoms with van der Waals surface area (Å²) in [4.78, 5) is 2.68. The number of phenolic OH excluding ortho intramolecular Hbond substituents is 1. The van der Waals surface area contributed by atoms with Gasteiger partial charge in [0.2, 0.25) is 0 Å². The Morgan fingerprint density at radius 2 is 2.27 bits per heavy atom. The van der Waals surface area contributed by atoms with Crippen molar-refractivity contribution >= 4 is 0 Å². The molecule has 4 atom stereocenters. The topological polar surface area (TPSA) is 32.7 Å². The highest BCUT2D eigenvalue weighted by atomic mass is 16.5. The molecule has 1 aromatic rings. The minimum Gasteiger partial charge on any atom is -0.508 e. The monoisotopic (exact) mass is 301 g/mol. The largest absolute Gasteiger partial charge is 0.508 e. The maximum absolute atomic E-state index is 9.90. The van der Waals surface area contributed by atoms with Gasteiger partial charge in [0.05, 0.1) is 6.10 Å². The van der Waals surface area contributed by atoms with Crippen molar-refractivity contribution < 1.29 is 9.84 Å². The van der Waals surface area contributed by atoms with Gasteiger partial charge in [0.25, 0.3) is 0 Å². The van der Waals surface area contributed by atoms with Crippen LogP contribution in [0.25, 0.3) is 0 Å². The first-order valence-corrected chi connectivity index (χ1v) is 8.76. The molecule has 2 heterocycles. The smallest absolute Gasteiger partial charge is 0.115 e. The molecule has 2 fully saturated rings. The second kappa shape index (κ2) is 5.24. The number of phenols is 1. The van der Waals surface area contributed by atoms with Gasteiger partial charge in [-0.25, -0.2) is 0 Å². The third-order valence-electron chi connectivity index (χ3n) is 6.57. The van der Waals surface area contributed by atoms with Gasteiger partial charge in [0.1, 0.15) is 5.75 Å². The summed E-state index contributed by atoms with van der Waals surface area (Å²) < 4.78 is 5.86. The number of piperidine rings is 1. The Kier molecular flexibility index (Phi) is 3.46. The van der Waals surface area contributed by atoms with Crippen LogP contribution in [0.4, 0.5) is 0 Å². The van der Waals surface area contributed by atoms with E-state index in [1.807, 2.05) is 12.1 Å². The summed E-state index contributed by atoms with van der Waals surface area (Å²) in [5, 5.41) is 9.90. The average Bonchev–Trinajstić information content (AvgIpc) is 3.00.